The Hall–Kier alpha value is -3.43. The van der Waals surface area contributed by atoms with Crippen molar-refractivity contribution in [2.45, 2.75) is 6.92 Å². The Balaban J connectivity index is 1.58. The molecule has 3 aromatic heterocycles. The third kappa shape index (κ3) is 3.49. The summed E-state index contributed by atoms with van der Waals surface area (Å²) in [5, 5.41) is 22.7. The Kier molecular flexibility index (Phi) is 4.61. The van der Waals surface area contributed by atoms with Gasteiger partial charge in [-0.3, -0.25) is 5.10 Å². The third-order valence-corrected chi connectivity index (χ3v) is 5.44. The van der Waals surface area contributed by atoms with Gasteiger partial charge < -0.3 is 20.0 Å². The zero-order chi connectivity index (χ0) is 20.7. The van der Waals surface area contributed by atoms with Gasteiger partial charge in [0, 0.05) is 62.0 Å². The van der Waals surface area contributed by atoms with Gasteiger partial charge in [0.15, 0.2) is 11.6 Å². The van der Waals surface area contributed by atoms with E-state index in [1.54, 1.807) is 0 Å². The van der Waals surface area contributed by atoms with E-state index in [2.05, 4.69) is 43.2 Å². The molecule has 1 aliphatic rings. The summed E-state index contributed by atoms with van der Waals surface area (Å²) in [6.45, 7) is 4.51. The molecule has 9 nitrogen and oxygen atoms in total. The molecule has 0 bridgehead atoms. The quantitative estimate of drug-likeness (QED) is 0.481. The molecule has 9 heteroatoms. The Labute approximate surface area is 173 Å². The standard InChI is InChI=1S/C21H24N8O/c1-14-11-19(26-25-14)22-18-13-20(28-7-9-29(30)10-8-28)24-21(23-18)17-12-15-5-3-4-6-16(15)27(17)2/h3-6,11-13,30H,7-10H2,1-2H3,(H2,22,23,24,25,26). The second kappa shape index (κ2) is 7.43. The summed E-state index contributed by atoms with van der Waals surface area (Å²) in [7, 11) is 2.03. The molecule has 4 heterocycles. The zero-order valence-electron chi connectivity index (χ0n) is 17.0. The molecule has 1 aliphatic heterocycles. The number of nitrogens with one attached hydrogen (secondary N) is 2. The van der Waals surface area contributed by atoms with Gasteiger partial charge in [-0.25, -0.2) is 9.97 Å². The topological polar surface area (TPSA) is 98.1 Å². The van der Waals surface area contributed by atoms with Gasteiger partial charge in [0.25, 0.3) is 0 Å². The van der Waals surface area contributed by atoms with E-state index in [4.69, 9.17) is 9.97 Å². The number of piperazine rings is 1. The minimum absolute atomic E-state index is 0.578. The highest BCUT2D eigenvalue weighted by molar-refractivity contribution is 5.86. The van der Waals surface area contributed by atoms with Crippen molar-refractivity contribution in [3.05, 3.63) is 48.2 Å². The van der Waals surface area contributed by atoms with E-state index >= 15 is 0 Å². The van der Waals surface area contributed by atoms with Crippen molar-refractivity contribution < 1.29 is 5.21 Å². The van der Waals surface area contributed by atoms with Gasteiger partial charge in [-0.2, -0.15) is 10.2 Å². The van der Waals surface area contributed by atoms with Crippen molar-refractivity contribution in [2.24, 2.45) is 7.05 Å². The molecule has 30 heavy (non-hydrogen) atoms. The van der Waals surface area contributed by atoms with Gasteiger partial charge >= 0.3 is 0 Å². The molecule has 1 fully saturated rings. The number of aromatic amines is 1. The number of nitrogens with zero attached hydrogens (tertiary/aromatic N) is 6. The van der Waals surface area contributed by atoms with Crippen LogP contribution in [0.4, 0.5) is 17.5 Å². The summed E-state index contributed by atoms with van der Waals surface area (Å²) in [6, 6.07) is 14.2. The first-order valence-electron chi connectivity index (χ1n) is 9.98. The molecule has 3 N–H and O–H groups in total. The first kappa shape index (κ1) is 18.6. The van der Waals surface area contributed by atoms with E-state index in [1.165, 1.54) is 5.06 Å². The van der Waals surface area contributed by atoms with Crippen molar-refractivity contribution in [1.29, 1.82) is 0 Å². The summed E-state index contributed by atoms with van der Waals surface area (Å²) in [6.07, 6.45) is 0. The second-order valence-corrected chi connectivity index (χ2v) is 7.58. The van der Waals surface area contributed by atoms with Crippen LogP contribution in [0.15, 0.2) is 42.5 Å². The Morgan fingerprint density at radius 1 is 1.00 bits per heavy atom. The average Bonchev–Trinajstić information content (AvgIpc) is 3.31. The molecule has 0 amide bonds. The third-order valence-electron chi connectivity index (χ3n) is 5.44. The van der Waals surface area contributed by atoms with Crippen LogP contribution in [0.1, 0.15) is 5.69 Å². The Bertz CT molecular complexity index is 1190. The number of fused-ring (bicyclic) bond motifs is 1. The van der Waals surface area contributed by atoms with Crippen LogP contribution in [0.3, 0.4) is 0 Å². The van der Waals surface area contributed by atoms with Crippen LogP contribution in [0.2, 0.25) is 0 Å². The smallest absolute Gasteiger partial charge is 0.180 e. The monoisotopic (exact) mass is 404 g/mol. The highest BCUT2D eigenvalue weighted by Gasteiger charge is 2.20. The largest absolute Gasteiger partial charge is 0.354 e. The SMILES string of the molecule is Cc1cc(Nc2cc(N3CCN(O)CC3)nc(-c3cc4ccccc4n3C)n2)n[nH]1. The molecule has 0 unspecified atom stereocenters. The normalized spacial score (nSPS) is 15.1. The van der Waals surface area contributed by atoms with Gasteiger partial charge in [-0.1, -0.05) is 18.2 Å². The fourth-order valence-electron chi connectivity index (χ4n) is 3.82. The summed E-state index contributed by atoms with van der Waals surface area (Å²) in [5.74, 6) is 2.86. The molecule has 0 spiro atoms. The molecule has 1 aromatic carbocycles. The lowest BCUT2D eigenvalue weighted by molar-refractivity contribution is -0.0936. The molecular weight excluding hydrogens is 380 g/mol. The van der Waals surface area contributed by atoms with E-state index in [0.717, 1.165) is 28.1 Å². The lowest BCUT2D eigenvalue weighted by Gasteiger charge is -2.32. The molecule has 5 rings (SSSR count). The van der Waals surface area contributed by atoms with Gasteiger partial charge in [-0.05, 0) is 19.1 Å². The maximum absolute atomic E-state index is 9.72. The molecule has 154 valence electrons. The maximum Gasteiger partial charge on any atom is 0.180 e. The predicted molar refractivity (Wildman–Crippen MR) is 116 cm³/mol. The summed E-state index contributed by atoms with van der Waals surface area (Å²) < 4.78 is 2.11. The van der Waals surface area contributed by atoms with Crippen molar-refractivity contribution >= 4 is 28.4 Å². The van der Waals surface area contributed by atoms with Crippen LogP contribution in [0, 0.1) is 6.92 Å². The highest BCUT2D eigenvalue weighted by Crippen LogP contribution is 2.29. The van der Waals surface area contributed by atoms with Gasteiger partial charge in [0.05, 0.1) is 5.69 Å². The number of H-pyrrole nitrogens is 1. The van der Waals surface area contributed by atoms with E-state index in [0.29, 0.717) is 43.6 Å². The minimum Gasteiger partial charge on any atom is -0.354 e. The van der Waals surface area contributed by atoms with Crippen LogP contribution in [-0.4, -0.2) is 61.2 Å². The van der Waals surface area contributed by atoms with E-state index in [9.17, 15) is 5.21 Å². The number of rotatable bonds is 4. The van der Waals surface area contributed by atoms with Gasteiger partial charge in [-0.15, -0.1) is 0 Å². The fraction of sp³-hybridized carbons (Fsp3) is 0.286. The number of aryl methyl sites for hydroxylation is 2. The first-order valence-corrected chi connectivity index (χ1v) is 9.98. The molecule has 1 saturated heterocycles. The molecule has 0 aliphatic carbocycles. The lowest BCUT2D eigenvalue weighted by Crippen LogP contribution is -2.45. The van der Waals surface area contributed by atoms with Crippen LogP contribution in [0.25, 0.3) is 22.4 Å². The van der Waals surface area contributed by atoms with Gasteiger partial charge in [0.1, 0.15) is 11.6 Å². The van der Waals surface area contributed by atoms with Crippen LogP contribution >= 0.6 is 0 Å². The predicted octanol–water partition coefficient (Wildman–Crippen LogP) is 2.92. The number of hydrogen-bond acceptors (Lipinski definition) is 7. The second-order valence-electron chi connectivity index (χ2n) is 7.58. The number of benzene rings is 1. The van der Waals surface area contributed by atoms with Crippen molar-refractivity contribution in [2.75, 3.05) is 36.4 Å². The van der Waals surface area contributed by atoms with E-state index in [1.807, 2.05) is 38.2 Å². The summed E-state index contributed by atoms with van der Waals surface area (Å²) in [4.78, 5) is 11.8. The molecule has 0 radical (unpaired) electrons. The molecule has 4 aromatic rings. The fourth-order valence-corrected chi connectivity index (χ4v) is 3.82. The highest BCUT2D eigenvalue weighted by atomic mass is 16.5. The van der Waals surface area contributed by atoms with E-state index in [-0.39, 0.29) is 0 Å². The Morgan fingerprint density at radius 3 is 2.53 bits per heavy atom. The minimum atomic E-state index is 0.578. The number of hydrogen-bond donors (Lipinski definition) is 3. The summed E-state index contributed by atoms with van der Waals surface area (Å²) in [5.41, 5.74) is 3.05. The molecule has 0 saturated carbocycles. The summed E-state index contributed by atoms with van der Waals surface area (Å²) >= 11 is 0. The number of para-hydroxylation sites is 1. The zero-order valence-corrected chi connectivity index (χ0v) is 17.0. The van der Waals surface area contributed by atoms with Crippen molar-refractivity contribution in [3.63, 3.8) is 0 Å². The van der Waals surface area contributed by atoms with Crippen molar-refractivity contribution in [1.82, 2.24) is 29.8 Å². The number of hydroxylamine groups is 2. The van der Waals surface area contributed by atoms with Crippen LogP contribution in [0.5, 0.6) is 0 Å². The number of anilines is 3. The lowest BCUT2D eigenvalue weighted by atomic mass is 10.2. The van der Waals surface area contributed by atoms with Crippen molar-refractivity contribution in [3.8, 4) is 11.5 Å². The molecular formula is C21H24N8O. The average molecular weight is 404 g/mol. The first-order chi connectivity index (χ1) is 14.6. The number of aromatic nitrogens is 5. The Morgan fingerprint density at radius 2 is 1.80 bits per heavy atom. The van der Waals surface area contributed by atoms with Crippen LogP contribution < -0.4 is 10.2 Å². The van der Waals surface area contributed by atoms with Crippen LogP contribution in [-0.2, 0) is 7.05 Å². The van der Waals surface area contributed by atoms with Gasteiger partial charge in [0.2, 0.25) is 0 Å². The van der Waals surface area contributed by atoms with E-state index < -0.39 is 0 Å². The molecule has 0 atom stereocenters. The maximum atomic E-state index is 9.72.